The molecule has 2 aromatic carbocycles. The van der Waals surface area contributed by atoms with Gasteiger partial charge in [0.1, 0.15) is 5.82 Å². The third-order valence-electron chi connectivity index (χ3n) is 8.68. The van der Waals surface area contributed by atoms with Crippen LogP contribution in [0, 0.1) is 31.0 Å². The molecular formula is C38H50FN3O4. The van der Waals surface area contributed by atoms with Gasteiger partial charge in [0.05, 0.1) is 11.3 Å². The summed E-state index contributed by atoms with van der Waals surface area (Å²) in [6, 6.07) is 14.3. The molecule has 0 radical (unpaired) electrons. The van der Waals surface area contributed by atoms with Crippen LogP contribution >= 0.6 is 0 Å². The second-order valence-electron chi connectivity index (χ2n) is 14.7. The minimum absolute atomic E-state index is 0.0190. The maximum Gasteiger partial charge on any atom is 0.337 e. The Morgan fingerprint density at radius 1 is 0.957 bits per heavy atom. The fourth-order valence-electron chi connectivity index (χ4n) is 6.14. The fourth-order valence-corrected chi connectivity index (χ4v) is 6.14. The Morgan fingerprint density at radius 2 is 1.48 bits per heavy atom. The monoisotopic (exact) mass is 631 g/mol. The van der Waals surface area contributed by atoms with E-state index in [0.717, 1.165) is 59.6 Å². The standard InChI is InChI=1S/C38H50FN3O4/c1-24(2)35(43)42(23-28-12-16-30(39)17-13-28)22-27-10-14-29(15-11-27)31-25(3)40-26(4)32(34(36(44)45)46-37(5,6)7)33(31)41-20-18-38(8,9)19-21-41/h10-17,24,34H,18-23H2,1-9H3,(H,44,45)/t34-/m0/s1. The number of carboxylic acid groups (broad SMARTS) is 1. The number of ether oxygens (including phenoxy) is 1. The molecule has 0 bridgehead atoms. The Morgan fingerprint density at radius 3 is 1.96 bits per heavy atom. The van der Waals surface area contributed by atoms with E-state index in [1.807, 2.05) is 72.7 Å². The lowest BCUT2D eigenvalue weighted by Gasteiger charge is -2.41. The molecule has 1 aromatic heterocycles. The topological polar surface area (TPSA) is 83.0 Å². The van der Waals surface area contributed by atoms with E-state index in [1.54, 1.807) is 17.0 Å². The van der Waals surface area contributed by atoms with Crippen molar-refractivity contribution in [2.75, 3.05) is 18.0 Å². The maximum atomic E-state index is 13.5. The van der Waals surface area contributed by atoms with Gasteiger partial charge in [-0.05, 0) is 81.7 Å². The van der Waals surface area contributed by atoms with Crippen LogP contribution in [0.5, 0.6) is 0 Å². The molecule has 1 N–H and O–H groups in total. The van der Waals surface area contributed by atoms with Crippen molar-refractivity contribution in [3.8, 4) is 11.1 Å². The van der Waals surface area contributed by atoms with Gasteiger partial charge in [0.15, 0.2) is 6.10 Å². The SMILES string of the molecule is Cc1nc(C)c([C@H](OC(C)(C)C)C(=O)O)c(N2CCC(C)(C)CC2)c1-c1ccc(CN(Cc2ccc(F)cc2)C(=O)C(C)C)cc1. The molecule has 1 amide bonds. The summed E-state index contributed by atoms with van der Waals surface area (Å²) in [6.45, 7) is 20.1. The zero-order valence-corrected chi connectivity index (χ0v) is 28.9. The lowest BCUT2D eigenvalue weighted by Crippen LogP contribution is -2.39. The minimum Gasteiger partial charge on any atom is -0.479 e. The van der Waals surface area contributed by atoms with Crippen LogP contribution in [0.4, 0.5) is 10.1 Å². The first-order chi connectivity index (χ1) is 21.5. The van der Waals surface area contributed by atoms with Crippen molar-refractivity contribution in [1.82, 2.24) is 9.88 Å². The zero-order chi connectivity index (χ0) is 34.0. The molecule has 1 atom stereocenters. The lowest BCUT2D eigenvalue weighted by molar-refractivity contribution is -0.160. The number of amides is 1. The number of hydrogen-bond donors (Lipinski definition) is 1. The van der Waals surface area contributed by atoms with Crippen LogP contribution in [0.15, 0.2) is 48.5 Å². The van der Waals surface area contributed by atoms with E-state index >= 15 is 0 Å². The predicted molar refractivity (Wildman–Crippen MR) is 181 cm³/mol. The lowest BCUT2D eigenvalue weighted by atomic mass is 9.81. The Balaban J connectivity index is 1.78. The van der Waals surface area contributed by atoms with Crippen LogP contribution in [0.1, 0.15) is 95.5 Å². The second-order valence-corrected chi connectivity index (χ2v) is 14.7. The average Bonchev–Trinajstić information content (AvgIpc) is 2.96. The number of aryl methyl sites for hydroxylation is 2. The molecule has 0 saturated carbocycles. The van der Waals surface area contributed by atoms with E-state index in [4.69, 9.17) is 9.72 Å². The number of halogens is 1. The number of carboxylic acids is 1. The Kier molecular flexibility index (Phi) is 10.6. The van der Waals surface area contributed by atoms with Gasteiger partial charge < -0.3 is 19.6 Å². The van der Waals surface area contributed by atoms with Gasteiger partial charge in [0.2, 0.25) is 5.91 Å². The van der Waals surface area contributed by atoms with Crippen LogP contribution in [0.2, 0.25) is 0 Å². The Labute approximate surface area is 273 Å². The van der Waals surface area contributed by atoms with Crippen molar-refractivity contribution < 1.29 is 23.8 Å². The van der Waals surface area contributed by atoms with Gasteiger partial charge in [-0.3, -0.25) is 9.78 Å². The predicted octanol–water partition coefficient (Wildman–Crippen LogP) is 8.26. The Hall–Kier alpha value is -3.78. The summed E-state index contributed by atoms with van der Waals surface area (Å²) < 4.78 is 19.7. The number of pyridine rings is 1. The van der Waals surface area contributed by atoms with E-state index in [0.29, 0.717) is 24.3 Å². The number of benzene rings is 2. The highest BCUT2D eigenvalue weighted by atomic mass is 19.1. The molecule has 3 aromatic rings. The molecule has 0 unspecified atom stereocenters. The number of aromatic nitrogens is 1. The molecule has 4 rings (SSSR count). The molecule has 46 heavy (non-hydrogen) atoms. The number of rotatable bonds is 10. The quantitative estimate of drug-likeness (QED) is 0.243. The first-order valence-corrected chi connectivity index (χ1v) is 16.2. The summed E-state index contributed by atoms with van der Waals surface area (Å²) in [7, 11) is 0. The molecule has 1 fully saturated rings. The molecule has 2 heterocycles. The van der Waals surface area contributed by atoms with Gasteiger partial charge in [-0.2, -0.15) is 0 Å². The molecule has 1 saturated heterocycles. The van der Waals surface area contributed by atoms with Crippen LogP contribution in [0.25, 0.3) is 11.1 Å². The van der Waals surface area contributed by atoms with Gasteiger partial charge in [-0.15, -0.1) is 0 Å². The molecule has 1 aliphatic rings. The zero-order valence-electron chi connectivity index (χ0n) is 28.9. The average molecular weight is 632 g/mol. The number of piperidine rings is 1. The minimum atomic E-state index is -1.18. The highest BCUT2D eigenvalue weighted by molar-refractivity contribution is 5.88. The highest BCUT2D eigenvalue weighted by Crippen LogP contribution is 2.44. The van der Waals surface area contributed by atoms with E-state index in [1.165, 1.54) is 12.1 Å². The van der Waals surface area contributed by atoms with Crippen molar-refractivity contribution in [2.24, 2.45) is 11.3 Å². The number of nitrogens with zero attached hydrogens (tertiary/aromatic N) is 3. The van der Waals surface area contributed by atoms with Crippen LogP contribution in [-0.4, -0.2) is 45.6 Å². The number of carbonyl (C=O) groups is 2. The van der Waals surface area contributed by atoms with E-state index < -0.39 is 17.7 Å². The van der Waals surface area contributed by atoms with Crippen LogP contribution in [0.3, 0.4) is 0 Å². The van der Waals surface area contributed by atoms with Crippen molar-refractivity contribution in [2.45, 2.75) is 99.9 Å². The Bertz CT molecular complexity index is 1530. The first-order valence-electron chi connectivity index (χ1n) is 16.2. The number of aliphatic carboxylic acids is 1. The molecule has 0 aliphatic carbocycles. The van der Waals surface area contributed by atoms with Crippen molar-refractivity contribution in [1.29, 1.82) is 0 Å². The first kappa shape index (κ1) is 35.1. The van der Waals surface area contributed by atoms with Gasteiger partial charge >= 0.3 is 5.97 Å². The summed E-state index contributed by atoms with van der Waals surface area (Å²) in [5.74, 6) is -1.52. The van der Waals surface area contributed by atoms with E-state index in [9.17, 15) is 19.1 Å². The highest BCUT2D eigenvalue weighted by Gasteiger charge is 2.36. The van der Waals surface area contributed by atoms with E-state index in [-0.39, 0.29) is 23.1 Å². The van der Waals surface area contributed by atoms with Crippen molar-refractivity contribution >= 4 is 17.6 Å². The van der Waals surface area contributed by atoms with Crippen molar-refractivity contribution in [3.63, 3.8) is 0 Å². The normalized spacial score (nSPS) is 15.6. The number of hydrogen-bond acceptors (Lipinski definition) is 5. The number of anilines is 1. The molecule has 7 nitrogen and oxygen atoms in total. The summed E-state index contributed by atoms with van der Waals surface area (Å²) in [5.41, 5.74) is 6.11. The third kappa shape index (κ3) is 8.52. The van der Waals surface area contributed by atoms with E-state index in [2.05, 4.69) is 18.7 Å². The van der Waals surface area contributed by atoms with Crippen LogP contribution in [-0.2, 0) is 27.4 Å². The molecule has 248 valence electrons. The van der Waals surface area contributed by atoms with Gasteiger partial charge in [0, 0.05) is 54.6 Å². The summed E-state index contributed by atoms with van der Waals surface area (Å²) >= 11 is 0. The van der Waals surface area contributed by atoms with Gasteiger partial charge in [-0.25, -0.2) is 9.18 Å². The summed E-state index contributed by atoms with van der Waals surface area (Å²) in [6.07, 6.45) is 0.784. The van der Waals surface area contributed by atoms with Crippen LogP contribution < -0.4 is 4.90 Å². The molecular weight excluding hydrogens is 581 g/mol. The largest absolute Gasteiger partial charge is 0.479 e. The smallest absolute Gasteiger partial charge is 0.337 e. The number of carbonyl (C=O) groups excluding carboxylic acids is 1. The molecule has 8 heteroatoms. The van der Waals surface area contributed by atoms with Gasteiger partial charge in [-0.1, -0.05) is 64.1 Å². The summed E-state index contributed by atoms with van der Waals surface area (Å²) in [5, 5.41) is 10.5. The molecule has 0 spiro atoms. The second kappa shape index (κ2) is 13.9. The maximum absolute atomic E-state index is 13.5. The fraction of sp³-hybridized carbons (Fsp3) is 0.500. The molecule has 1 aliphatic heterocycles. The van der Waals surface area contributed by atoms with Crippen molar-refractivity contribution in [3.05, 3.63) is 82.4 Å². The summed E-state index contributed by atoms with van der Waals surface area (Å²) in [4.78, 5) is 35.0. The van der Waals surface area contributed by atoms with Gasteiger partial charge in [0.25, 0.3) is 0 Å². The third-order valence-corrected chi connectivity index (χ3v) is 8.68.